The number of carbonyl (C=O) groups is 1. The highest BCUT2D eigenvalue weighted by Crippen LogP contribution is 2.46. The van der Waals surface area contributed by atoms with Crippen LogP contribution in [0.4, 0.5) is 0 Å². The van der Waals surface area contributed by atoms with Crippen molar-refractivity contribution in [2.45, 2.75) is 57.3 Å². The Morgan fingerprint density at radius 3 is 2.74 bits per heavy atom. The van der Waals surface area contributed by atoms with Crippen LogP contribution in [0.25, 0.3) is 21.0 Å². The summed E-state index contributed by atoms with van der Waals surface area (Å²) in [5, 5.41) is 10.4. The molecule has 12 heteroatoms. The molecule has 0 radical (unpaired) electrons. The summed E-state index contributed by atoms with van der Waals surface area (Å²) in [6.45, 7) is 4.87. The number of aryl methyl sites for hydroxylation is 1. The van der Waals surface area contributed by atoms with Crippen molar-refractivity contribution < 1.29 is 33.3 Å². The molecule has 2 fully saturated rings. The fourth-order valence-corrected chi connectivity index (χ4v) is 5.89. The van der Waals surface area contributed by atoms with E-state index in [0.29, 0.717) is 52.6 Å². The Kier molecular flexibility index (Phi) is 7.87. The zero-order valence-corrected chi connectivity index (χ0v) is 22.9. The average molecular weight is 558 g/mol. The molecule has 0 amide bonds. The van der Waals surface area contributed by atoms with E-state index in [9.17, 15) is 14.7 Å². The number of aliphatic carboxylic acids is 1. The Morgan fingerprint density at radius 2 is 2.13 bits per heavy atom. The summed E-state index contributed by atoms with van der Waals surface area (Å²) in [6, 6.07) is -0.0644. The molecule has 0 aromatic carbocycles. The number of allylic oxidation sites excluding steroid dienone is 1. The molecule has 39 heavy (non-hydrogen) atoms. The number of methoxy groups -OCH3 is 1. The topological polar surface area (TPSA) is 135 Å². The van der Waals surface area contributed by atoms with Crippen molar-refractivity contribution in [1.82, 2.24) is 14.5 Å². The number of oxazole rings is 1. The van der Waals surface area contributed by atoms with Gasteiger partial charge >= 0.3 is 12.0 Å². The number of aromatic nitrogens is 3. The summed E-state index contributed by atoms with van der Waals surface area (Å²) in [4.78, 5) is 36.2. The van der Waals surface area contributed by atoms with Gasteiger partial charge in [0, 0.05) is 18.8 Å². The van der Waals surface area contributed by atoms with Gasteiger partial charge in [-0.1, -0.05) is 12.2 Å². The van der Waals surface area contributed by atoms with Gasteiger partial charge in [-0.2, -0.15) is 4.98 Å². The van der Waals surface area contributed by atoms with E-state index in [2.05, 4.69) is 9.97 Å². The number of hydrogen-bond acceptors (Lipinski definition) is 10. The smallest absolute Gasteiger partial charge is 0.330 e. The molecular weight excluding hydrogens is 526 g/mol. The van der Waals surface area contributed by atoms with Gasteiger partial charge in [0.25, 0.3) is 5.56 Å². The average Bonchev–Trinajstić information content (AvgIpc) is 3.40. The van der Waals surface area contributed by atoms with Crippen LogP contribution in [0.5, 0.6) is 6.01 Å². The third-order valence-electron chi connectivity index (χ3n) is 6.98. The lowest BCUT2D eigenvalue weighted by molar-refractivity contribution is -0.142. The minimum Gasteiger partial charge on any atom is -0.504 e. The normalized spacial score (nSPS) is 18.5. The molecule has 1 aliphatic carbocycles. The summed E-state index contributed by atoms with van der Waals surface area (Å²) < 4.78 is 30.0. The van der Waals surface area contributed by atoms with Crippen LogP contribution in [0.15, 0.2) is 45.7 Å². The van der Waals surface area contributed by atoms with E-state index < -0.39 is 23.2 Å². The van der Waals surface area contributed by atoms with E-state index >= 15 is 0 Å². The van der Waals surface area contributed by atoms with Crippen LogP contribution in [0, 0.1) is 6.92 Å². The van der Waals surface area contributed by atoms with Crippen molar-refractivity contribution in [3.8, 4) is 16.8 Å². The van der Waals surface area contributed by atoms with E-state index in [4.69, 9.17) is 23.4 Å². The molecular formula is C27H31N3O8S. The van der Waals surface area contributed by atoms with Gasteiger partial charge in [-0.05, 0) is 45.1 Å². The Labute approximate surface area is 228 Å². The summed E-state index contributed by atoms with van der Waals surface area (Å²) in [5.41, 5.74) is -0.504. The highest BCUT2D eigenvalue weighted by Gasteiger charge is 2.55. The minimum absolute atomic E-state index is 0.0124. The van der Waals surface area contributed by atoms with Crippen LogP contribution in [0.3, 0.4) is 0 Å². The maximum Gasteiger partial charge on any atom is 0.330 e. The molecule has 1 atom stereocenters. The second-order valence-electron chi connectivity index (χ2n) is 9.55. The van der Waals surface area contributed by atoms with Crippen molar-refractivity contribution in [3.63, 3.8) is 0 Å². The standard InChI is InChI=1S/C27H31N3O8S/c1-4-5-17(14-34-3)19(38-18-6-11-35-12-7-18)15-37-26-29-23-20(16(2)21(39-23)22-28-10-13-36-22)24(31)30(26)27(8-9-27)25(32)33/h4-5,10,13-14,18-19H,6-9,11-12,15H2,1-3H3,(H,32,33)/b5-4-,17-14-. The lowest BCUT2D eigenvalue weighted by Crippen LogP contribution is -2.39. The molecule has 1 saturated heterocycles. The SMILES string of the molecule is C/C=C\C(=C\OC)C(COc1nc2sc(-c3ncco3)c(C)c2c(=O)n1C1(C(=O)O)CC1)OC1CCOCC1. The van der Waals surface area contributed by atoms with Gasteiger partial charge in [0.1, 0.15) is 29.3 Å². The quantitative estimate of drug-likeness (QED) is 0.272. The van der Waals surface area contributed by atoms with Crippen LogP contribution in [-0.2, 0) is 24.5 Å². The first-order chi connectivity index (χ1) is 18.9. The molecule has 11 nitrogen and oxygen atoms in total. The summed E-state index contributed by atoms with van der Waals surface area (Å²) in [6.07, 6.45) is 9.78. The molecule has 1 saturated carbocycles. The lowest BCUT2D eigenvalue weighted by atomic mass is 10.1. The number of hydrogen-bond donors (Lipinski definition) is 1. The van der Waals surface area contributed by atoms with E-state index in [1.165, 1.54) is 28.4 Å². The Hall–Kier alpha value is -3.48. The van der Waals surface area contributed by atoms with Crippen molar-refractivity contribution in [2.24, 2.45) is 0 Å². The first-order valence-corrected chi connectivity index (χ1v) is 13.6. The third kappa shape index (κ3) is 5.23. The van der Waals surface area contributed by atoms with Crippen molar-refractivity contribution >= 4 is 27.5 Å². The predicted octanol–water partition coefficient (Wildman–Crippen LogP) is 4.04. The van der Waals surface area contributed by atoms with Crippen molar-refractivity contribution in [3.05, 3.63) is 52.4 Å². The van der Waals surface area contributed by atoms with Gasteiger partial charge in [-0.15, -0.1) is 11.3 Å². The second-order valence-corrected chi connectivity index (χ2v) is 10.5. The zero-order valence-electron chi connectivity index (χ0n) is 22.0. The number of carboxylic acid groups (broad SMARTS) is 1. The second kappa shape index (κ2) is 11.3. The Balaban J connectivity index is 1.56. The molecule has 3 aromatic heterocycles. The molecule has 0 spiro atoms. The highest BCUT2D eigenvalue weighted by atomic mass is 32.1. The molecule has 1 unspecified atom stereocenters. The van der Waals surface area contributed by atoms with E-state index in [-0.39, 0.29) is 18.7 Å². The van der Waals surface area contributed by atoms with Gasteiger partial charge in [-0.3, -0.25) is 4.79 Å². The van der Waals surface area contributed by atoms with Crippen LogP contribution < -0.4 is 10.3 Å². The molecule has 208 valence electrons. The molecule has 1 aliphatic heterocycles. The largest absolute Gasteiger partial charge is 0.504 e. The maximum absolute atomic E-state index is 13.9. The van der Waals surface area contributed by atoms with Gasteiger partial charge < -0.3 is 28.5 Å². The highest BCUT2D eigenvalue weighted by molar-refractivity contribution is 7.22. The summed E-state index contributed by atoms with van der Waals surface area (Å²) in [5.74, 6) is -0.728. The van der Waals surface area contributed by atoms with Crippen molar-refractivity contribution in [2.75, 3.05) is 26.9 Å². The molecule has 5 rings (SSSR count). The van der Waals surface area contributed by atoms with E-state index in [0.717, 1.165) is 18.4 Å². The van der Waals surface area contributed by atoms with Crippen LogP contribution >= 0.6 is 11.3 Å². The molecule has 2 aliphatic rings. The first kappa shape index (κ1) is 27.1. The molecule has 1 N–H and O–H groups in total. The number of carboxylic acids is 1. The van der Waals surface area contributed by atoms with Gasteiger partial charge in [0.05, 0.1) is 35.9 Å². The minimum atomic E-state index is -1.41. The van der Waals surface area contributed by atoms with Crippen molar-refractivity contribution in [1.29, 1.82) is 0 Å². The number of nitrogens with zero attached hydrogens (tertiary/aromatic N) is 3. The summed E-state index contributed by atoms with van der Waals surface area (Å²) >= 11 is 1.25. The summed E-state index contributed by atoms with van der Waals surface area (Å²) in [7, 11) is 1.55. The molecule has 0 bridgehead atoms. The maximum atomic E-state index is 13.9. The number of fused-ring (bicyclic) bond motifs is 1. The third-order valence-corrected chi connectivity index (χ3v) is 8.16. The fourth-order valence-electron chi connectivity index (χ4n) is 4.79. The Morgan fingerprint density at radius 1 is 1.36 bits per heavy atom. The van der Waals surface area contributed by atoms with E-state index in [1.54, 1.807) is 20.3 Å². The van der Waals surface area contributed by atoms with Gasteiger partial charge in [-0.25, -0.2) is 14.3 Å². The van der Waals surface area contributed by atoms with Crippen LogP contribution in [-0.4, -0.2) is 64.7 Å². The number of ether oxygens (including phenoxy) is 4. The van der Waals surface area contributed by atoms with E-state index in [1.807, 2.05) is 19.1 Å². The lowest BCUT2D eigenvalue weighted by Gasteiger charge is -2.28. The van der Waals surface area contributed by atoms with Gasteiger partial charge in [0.2, 0.25) is 5.89 Å². The number of rotatable bonds is 11. The fraction of sp³-hybridized carbons (Fsp3) is 0.481. The number of thiophene rings is 1. The molecule has 4 heterocycles. The molecule has 3 aromatic rings. The predicted molar refractivity (Wildman–Crippen MR) is 143 cm³/mol. The van der Waals surface area contributed by atoms with Gasteiger partial charge in [0.15, 0.2) is 0 Å². The monoisotopic (exact) mass is 557 g/mol. The van der Waals surface area contributed by atoms with Crippen LogP contribution in [0.1, 0.15) is 38.2 Å². The zero-order chi connectivity index (χ0) is 27.6. The Bertz CT molecular complexity index is 1450. The first-order valence-electron chi connectivity index (χ1n) is 12.8. The van der Waals surface area contributed by atoms with Crippen LogP contribution in [0.2, 0.25) is 0 Å².